The van der Waals surface area contributed by atoms with Crippen molar-refractivity contribution in [1.29, 1.82) is 0 Å². The fourth-order valence-corrected chi connectivity index (χ4v) is 0.787. The highest BCUT2D eigenvalue weighted by molar-refractivity contribution is 5.58. The molecule has 0 aliphatic heterocycles. The van der Waals surface area contributed by atoms with E-state index in [4.69, 9.17) is 5.73 Å². The number of rotatable bonds is 1. The number of nitrogens with zero attached hydrogens (tertiary/aromatic N) is 1. The zero-order chi connectivity index (χ0) is 8.97. The molecular weight excluding hydrogens is 154 g/mol. The minimum Gasteiger partial charge on any atom is -0.381 e. The second-order valence-electron chi connectivity index (χ2n) is 2.28. The van der Waals surface area contributed by atoms with E-state index in [0.29, 0.717) is 11.4 Å². The van der Waals surface area contributed by atoms with Crippen molar-refractivity contribution in [2.75, 3.05) is 5.73 Å². The molecular formula is C8H9N3O. The largest absolute Gasteiger partial charge is 0.381 e. The van der Waals surface area contributed by atoms with Gasteiger partial charge in [0.25, 0.3) is 0 Å². The number of carbonyl (C=O) groups is 1. The van der Waals surface area contributed by atoms with Crippen LogP contribution in [0.25, 0.3) is 0 Å². The Hall–Kier alpha value is -1.76. The lowest BCUT2D eigenvalue weighted by Crippen LogP contribution is -1.87. The van der Waals surface area contributed by atoms with Crippen LogP contribution >= 0.6 is 0 Å². The minimum absolute atomic E-state index is 0.226. The monoisotopic (exact) mass is 163 g/mol. The molecule has 62 valence electrons. The van der Waals surface area contributed by atoms with Gasteiger partial charge in [-0.15, -0.1) is 0 Å². The van der Waals surface area contributed by atoms with Gasteiger partial charge in [0.2, 0.25) is 0 Å². The summed E-state index contributed by atoms with van der Waals surface area (Å²) in [6.07, 6.45) is 0.975. The zero-order valence-electron chi connectivity index (χ0n) is 6.72. The molecule has 1 aromatic rings. The molecule has 0 saturated heterocycles. The summed E-state index contributed by atoms with van der Waals surface area (Å²) in [5.41, 5.74) is 6.99. The van der Waals surface area contributed by atoms with Crippen LogP contribution in [0, 0.1) is 18.8 Å². The van der Waals surface area contributed by atoms with Gasteiger partial charge in [-0.1, -0.05) is 11.8 Å². The second kappa shape index (κ2) is 3.58. The number of anilines is 1. The van der Waals surface area contributed by atoms with Crippen LogP contribution in [0.4, 0.5) is 5.82 Å². The lowest BCUT2D eigenvalue weighted by molar-refractivity contribution is -0.107. The predicted octanol–water partition coefficient (Wildman–Crippen LogP) is 0.241. The van der Waals surface area contributed by atoms with Crippen molar-refractivity contribution >= 4 is 12.1 Å². The number of hydrogen-bond acceptors (Lipinski definition) is 3. The van der Waals surface area contributed by atoms with E-state index in [-0.39, 0.29) is 6.42 Å². The summed E-state index contributed by atoms with van der Waals surface area (Å²) in [5.74, 6) is 5.80. The van der Waals surface area contributed by atoms with E-state index in [2.05, 4.69) is 22.0 Å². The molecule has 4 nitrogen and oxygen atoms in total. The number of aromatic nitrogens is 2. The summed E-state index contributed by atoms with van der Waals surface area (Å²) in [5, 5.41) is 6.45. The number of nitrogens with one attached hydrogen (secondary N) is 1. The van der Waals surface area contributed by atoms with Crippen molar-refractivity contribution in [2.45, 2.75) is 13.3 Å². The fourth-order valence-electron chi connectivity index (χ4n) is 0.787. The van der Waals surface area contributed by atoms with Gasteiger partial charge in [-0.2, -0.15) is 5.10 Å². The molecule has 0 bridgehead atoms. The molecule has 0 fully saturated rings. The zero-order valence-corrected chi connectivity index (χ0v) is 6.72. The van der Waals surface area contributed by atoms with Gasteiger partial charge >= 0.3 is 0 Å². The molecule has 0 aliphatic carbocycles. The highest BCUT2D eigenvalue weighted by atomic mass is 16.1. The van der Waals surface area contributed by atoms with Crippen LogP contribution in [0.2, 0.25) is 0 Å². The Morgan fingerprint density at radius 2 is 2.50 bits per heavy atom. The maximum Gasteiger partial charge on any atom is 0.161 e. The van der Waals surface area contributed by atoms with E-state index < -0.39 is 0 Å². The first-order valence-electron chi connectivity index (χ1n) is 3.48. The van der Waals surface area contributed by atoms with E-state index in [1.807, 2.05) is 6.92 Å². The maximum absolute atomic E-state index is 9.95. The predicted molar refractivity (Wildman–Crippen MR) is 45.3 cm³/mol. The molecule has 0 spiro atoms. The number of aromatic amines is 1. The Balaban J connectivity index is 2.89. The molecule has 0 unspecified atom stereocenters. The summed E-state index contributed by atoms with van der Waals surface area (Å²) in [6.45, 7) is 1.83. The van der Waals surface area contributed by atoms with E-state index >= 15 is 0 Å². The van der Waals surface area contributed by atoms with Crippen LogP contribution in [-0.2, 0) is 4.79 Å². The van der Waals surface area contributed by atoms with E-state index in [1.54, 1.807) is 0 Å². The van der Waals surface area contributed by atoms with Crippen LogP contribution in [0.1, 0.15) is 17.7 Å². The number of carbonyl (C=O) groups excluding carboxylic acids is 1. The quantitative estimate of drug-likeness (QED) is 0.460. The van der Waals surface area contributed by atoms with Gasteiger partial charge in [0.1, 0.15) is 6.29 Å². The summed E-state index contributed by atoms with van der Waals surface area (Å²) in [4.78, 5) is 9.95. The smallest absolute Gasteiger partial charge is 0.161 e. The molecule has 1 aromatic heterocycles. The second-order valence-corrected chi connectivity index (χ2v) is 2.28. The van der Waals surface area contributed by atoms with Crippen molar-refractivity contribution in [1.82, 2.24) is 10.2 Å². The van der Waals surface area contributed by atoms with Gasteiger partial charge < -0.3 is 10.5 Å². The lowest BCUT2D eigenvalue weighted by atomic mass is 10.2. The van der Waals surface area contributed by atoms with Crippen LogP contribution in [0.15, 0.2) is 0 Å². The van der Waals surface area contributed by atoms with Gasteiger partial charge in [0, 0.05) is 5.69 Å². The molecule has 0 amide bonds. The normalized spacial score (nSPS) is 8.75. The number of nitrogen functional groups attached to an aromatic ring is 1. The standard InChI is InChI=1S/C8H9N3O/c1-6-7(4-2-3-5-12)8(9)11-10-6/h5H,3H2,1H3,(H3,9,10,11). The number of aryl methyl sites for hydroxylation is 1. The first kappa shape index (κ1) is 8.34. The molecule has 0 aliphatic rings. The van der Waals surface area contributed by atoms with Crippen LogP contribution in [0.3, 0.4) is 0 Å². The van der Waals surface area contributed by atoms with Gasteiger partial charge in [0.15, 0.2) is 5.82 Å². The fraction of sp³-hybridized carbons (Fsp3) is 0.250. The maximum atomic E-state index is 9.95. The minimum atomic E-state index is 0.226. The van der Waals surface area contributed by atoms with Crippen LogP contribution in [-0.4, -0.2) is 16.5 Å². The molecule has 12 heavy (non-hydrogen) atoms. The summed E-state index contributed by atoms with van der Waals surface area (Å²) >= 11 is 0. The third-order valence-corrected chi connectivity index (χ3v) is 1.37. The van der Waals surface area contributed by atoms with Crippen LogP contribution in [0.5, 0.6) is 0 Å². The number of H-pyrrole nitrogens is 1. The third-order valence-electron chi connectivity index (χ3n) is 1.37. The third kappa shape index (κ3) is 1.64. The molecule has 1 heterocycles. The molecule has 0 radical (unpaired) electrons. The van der Waals surface area contributed by atoms with Crippen molar-refractivity contribution in [2.24, 2.45) is 0 Å². The molecule has 1 rings (SSSR count). The molecule has 0 atom stereocenters. The first-order chi connectivity index (χ1) is 5.75. The Bertz CT molecular complexity index is 323. The molecule has 0 aromatic carbocycles. The Morgan fingerprint density at radius 1 is 1.75 bits per heavy atom. The van der Waals surface area contributed by atoms with Gasteiger partial charge in [-0.25, -0.2) is 0 Å². The van der Waals surface area contributed by atoms with E-state index in [1.165, 1.54) is 0 Å². The topological polar surface area (TPSA) is 71.8 Å². The highest BCUT2D eigenvalue weighted by Crippen LogP contribution is 2.09. The van der Waals surface area contributed by atoms with E-state index in [0.717, 1.165) is 12.0 Å². The SMILES string of the molecule is Cc1[nH]nc(N)c1C#CCC=O. The van der Waals surface area contributed by atoms with E-state index in [9.17, 15) is 4.79 Å². The Labute approximate surface area is 70.2 Å². The molecule has 0 saturated carbocycles. The highest BCUT2D eigenvalue weighted by Gasteiger charge is 2.01. The summed E-state index contributed by atoms with van der Waals surface area (Å²) in [6, 6.07) is 0. The van der Waals surface area contributed by atoms with Gasteiger partial charge in [0.05, 0.1) is 12.0 Å². The van der Waals surface area contributed by atoms with Crippen LogP contribution < -0.4 is 5.73 Å². The Morgan fingerprint density at radius 3 is 3.00 bits per heavy atom. The van der Waals surface area contributed by atoms with Gasteiger partial charge in [-0.05, 0) is 6.92 Å². The number of nitrogens with two attached hydrogens (primary N) is 1. The lowest BCUT2D eigenvalue weighted by Gasteiger charge is -1.85. The Kier molecular flexibility index (Phi) is 2.49. The summed E-state index contributed by atoms with van der Waals surface area (Å²) in [7, 11) is 0. The molecule has 4 heteroatoms. The number of aldehydes is 1. The van der Waals surface area contributed by atoms with Crippen molar-refractivity contribution in [3.05, 3.63) is 11.3 Å². The van der Waals surface area contributed by atoms with Gasteiger partial charge in [-0.3, -0.25) is 5.10 Å². The number of hydrogen-bond donors (Lipinski definition) is 2. The average Bonchev–Trinajstić information content (AvgIpc) is 2.35. The average molecular weight is 163 g/mol. The van der Waals surface area contributed by atoms with Crippen molar-refractivity contribution < 1.29 is 4.79 Å². The first-order valence-corrected chi connectivity index (χ1v) is 3.48. The van der Waals surface area contributed by atoms with Crippen molar-refractivity contribution in [3.8, 4) is 11.8 Å². The summed E-state index contributed by atoms with van der Waals surface area (Å²) < 4.78 is 0. The van der Waals surface area contributed by atoms with Crippen molar-refractivity contribution in [3.63, 3.8) is 0 Å². The molecule has 3 N–H and O–H groups in total.